The van der Waals surface area contributed by atoms with E-state index in [1.54, 1.807) is 18.3 Å². The van der Waals surface area contributed by atoms with E-state index < -0.39 is 17.9 Å². The predicted molar refractivity (Wildman–Crippen MR) is 117 cm³/mol. The van der Waals surface area contributed by atoms with E-state index in [4.69, 9.17) is 4.42 Å². The van der Waals surface area contributed by atoms with Gasteiger partial charge in [-0.15, -0.1) is 0 Å². The van der Waals surface area contributed by atoms with E-state index in [-0.39, 0.29) is 12.3 Å². The van der Waals surface area contributed by atoms with E-state index in [0.29, 0.717) is 28.1 Å². The van der Waals surface area contributed by atoms with Crippen LogP contribution in [0.2, 0.25) is 0 Å². The van der Waals surface area contributed by atoms with Crippen molar-refractivity contribution in [1.82, 2.24) is 20.3 Å². The third-order valence-corrected chi connectivity index (χ3v) is 5.26. The second-order valence-electron chi connectivity index (χ2n) is 7.75. The van der Waals surface area contributed by atoms with Crippen molar-refractivity contribution in [1.29, 1.82) is 0 Å². The first-order valence-corrected chi connectivity index (χ1v) is 10.3. The highest BCUT2D eigenvalue weighted by Crippen LogP contribution is 2.37. The molecule has 0 unspecified atom stereocenters. The third-order valence-electron chi connectivity index (χ3n) is 5.26. The summed E-state index contributed by atoms with van der Waals surface area (Å²) in [5.41, 5.74) is 2.84. The number of carbonyl (C=O) groups is 1. The Hall–Kier alpha value is -3.75. The monoisotopic (exact) mass is 454 g/mol. The molecular weight excluding hydrogens is 433 g/mol. The molecule has 1 N–H and O–H groups in total. The molecule has 0 atom stereocenters. The van der Waals surface area contributed by atoms with Gasteiger partial charge in [-0.2, -0.15) is 13.2 Å². The fourth-order valence-electron chi connectivity index (χ4n) is 3.35. The Kier molecular flexibility index (Phi) is 6.13. The van der Waals surface area contributed by atoms with Crippen molar-refractivity contribution in [3.63, 3.8) is 0 Å². The zero-order valence-corrected chi connectivity index (χ0v) is 17.8. The van der Waals surface area contributed by atoms with Crippen molar-refractivity contribution in [2.24, 2.45) is 5.92 Å². The summed E-state index contributed by atoms with van der Waals surface area (Å²) in [5, 5.41) is 3.17. The highest BCUT2D eigenvalue weighted by Gasteiger charge is 2.34. The number of nitrogens with one attached hydrogen (secondary N) is 1. The van der Waals surface area contributed by atoms with Crippen LogP contribution in [-0.2, 0) is 12.7 Å². The molecule has 170 valence electrons. The molecule has 9 heteroatoms. The van der Waals surface area contributed by atoms with Gasteiger partial charge in [0.2, 0.25) is 11.6 Å². The van der Waals surface area contributed by atoms with Gasteiger partial charge in [0.25, 0.3) is 5.91 Å². The minimum atomic E-state index is -4.62. The molecule has 0 bridgehead atoms. The molecule has 0 spiro atoms. The molecule has 1 fully saturated rings. The standard InChI is InChI=1S/C24H21F3N4O2/c1-3-16(17-8-9-17)7-6-14(2)20-19-18(5-4-10-28-19)21(33-20)22(32)29-11-15-12-30-23(31-13-15)24(25,26)27/h3-7,10,12-13,17H,1,8-9,11H2,2H3,(H,29,32)/b14-6+,16-7+. The first-order chi connectivity index (χ1) is 15.8. The van der Waals surface area contributed by atoms with E-state index in [9.17, 15) is 18.0 Å². The van der Waals surface area contributed by atoms with Gasteiger partial charge >= 0.3 is 6.18 Å². The summed E-state index contributed by atoms with van der Waals surface area (Å²) >= 11 is 0. The van der Waals surface area contributed by atoms with Crippen LogP contribution in [0.4, 0.5) is 13.2 Å². The number of hydrogen-bond donors (Lipinski definition) is 1. The van der Waals surface area contributed by atoms with Crippen LogP contribution >= 0.6 is 0 Å². The third kappa shape index (κ3) is 5.02. The number of furan rings is 1. The second-order valence-corrected chi connectivity index (χ2v) is 7.75. The Labute approximate surface area is 188 Å². The molecule has 6 nitrogen and oxygen atoms in total. The van der Waals surface area contributed by atoms with Crippen LogP contribution in [0, 0.1) is 5.92 Å². The number of pyridine rings is 1. The molecule has 0 saturated heterocycles. The Morgan fingerprint density at radius 3 is 2.58 bits per heavy atom. The molecule has 1 saturated carbocycles. The minimum Gasteiger partial charge on any atom is -0.448 e. The molecule has 0 aliphatic heterocycles. The maximum absolute atomic E-state index is 12.8. The summed E-state index contributed by atoms with van der Waals surface area (Å²) in [4.78, 5) is 23.8. The van der Waals surface area contributed by atoms with Gasteiger partial charge in [0.15, 0.2) is 5.76 Å². The Balaban J connectivity index is 1.55. The highest BCUT2D eigenvalue weighted by molar-refractivity contribution is 6.06. The number of rotatable bonds is 7. The number of hydrogen-bond acceptors (Lipinski definition) is 5. The number of allylic oxidation sites excluding steroid dienone is 5. The van der Waals surface area contributed by atoms with Gasteiger partial charge in [0.05, 0.1) is 5.39 Å². The molecule has 0 aromatic carbocycles. The lowest BCUT2D eigenvalue weighted by atomic mass is 10.1. The van der Waals surface area contributed by atoms with Crippen LogP contribution in [0.5, 0.6) is 0 Å². The van der Waals surface area contributed by atoms with Gasteiger partial charge in [-0.25, -0.2) is 9.97 Å². The SMILES string of the molecule is C=C/C(=C\C=C(/C)c1oc(C(=O)NCc2cnc(C(F)(F)F)nc2)c2cccnc12)C1CC1. The topological polar surface area (TPSA) is 80.9 Å². The fourth-order valence-corrected chi connectivity index (χ4v) is 3.35. The Morgan fingerprint density at radius 2 is 1.94 bits per heavy atom. The van der Waals surface area contributed by atoms with Gasteiger partial charge in [0.1, 0.15) is 5.52 Å². The number of nitrogens with zero attached hydrogens (tertiary/aromatic N) is 3. The van der Waals surface area contributed by atoms with Crippen LogP contribution < -0.4 is 5.32 Å². The molecule has 4 rings (SSSR count). The maximum atomic E-state index is 12.8. The van der Waals surface area contributed by atoms with E-state index in [2.05, 4.69) is 26.8 Å². The van der Waals surface area contributed by atoms with Crippen LogP contribution in [0.1, 0.15) is 47.5 Å². The van der Waals surface area contributed by atoms with E-state index in [1.165, 1.54) is 0 Å². The lowest BCUT2D eigenvalue weighted by Gasteiger charge is -2.06. The number of fused-ring (bicyclic) bond motifs is 1. The smallest absolute Gasteiger partial charge is 0.448 e. The summed E-state index contributed by atoms with van der Waals surface area (Å²) in [5.74, 6) is -0.656. The first-order valence-electron chi connectivity index (χ1n) is 10.3. The van der Waals surface area contributed by atoms with Crippen molar-refractivity contribution in [2.45, 2.75) is 32.5 Å². The molecular formula is C24H21F3N4O2. The van der Waals surface area contributed by atoms with Crippen molar-refractivity contribution < 1.29 is 22.4 Å². The molecule has 1 amide bonds. The Bertz CT molecular complexity index is 1250. The molecule has 0 radical (unpaired) electrons. The predicted octanol–water partition coefficient (Wildman–Crippen LogP) is 5.49. The second kappa shape index (κ2) is 9.01. The average Bonchev–Trinajstić information content (AvgIpc) is 3.57. The number of aromatic nitrogens is 3. The molecule has 3 aromatic rings. The van der Waals surface area contributed by atoms with Crippen LogP contribution in [-0.4, -0.2) is 20.9 Å². The van der Waals surface area contributed by atoms with Crippen LogP contribution in [0.15, 0.2) is 65.5 Å². The van der Waals surface area contributed by atoms with Gasteiger partial charge in [-0.05, 0) is 49.0 Å². The van der Waals surface area contributed by atoms with E-state index in [1.807, 2.05) is 25.2 Å². The summed E-state index contributed by atoms with van der Waals surface area (Å²) < 4.78 is 43.7. The zero-order chi connectivity index (χ0) is 23.6. The summed E-state index contributed by atoms with van der Waals surface area (Å²) in [6.45, 7) is 5.68. The van der Waals surface area contributed by atoms with Gasteiger partial charge in [0, 0.05) is 30.7 Å². The number of amides is 1. The van der Waals surface area contributed by atoms with Crippen molar-refractivity contribution in [3.05, 3.63) is 84.0 Å². The van der Waals surface area contributed by atoms with Crippen LogP contribution in [0.25, 0.3) is 16.5 Å². The van der Waals surface area contributed by atoms with Gasteiger partial charge in [-0.3, -0.25) is 9.78 Å². The summed E-state index contributed by atoms with van der Waals surface area (Å²) in [7, 11) is 0. The molecule has 1 aliphatic rings. The highest BCUT2D eigenvalue weighted by atomic mass is 19.4. The van der Waals surface area contributed by atoms with Crippen molar-refractivity contribution in [3.8, 4) is 0 Å². The number of alkyl halides is 3. The number of carbonyl (C=O) groups excluding carboxylic acids is 1. The maximum Gasteiger partial charge on any atom is 0.451 e. The zero-order valence-electron chi connectivity index (χ0n) is 17.8. The van der Waals surface area contributed by atoms with Gasteiger partial charge < -0.3 is 9.73 Å². The van der Waals surface area contributed by atoms with Gasteiger partial charge in [-0.1, -0.05) is 24.8 Å². The largest absolute Gasteiger partial charge is 0.451 e. The molecule has 3 heterocycles. The summed E-state index contributed by atoms with van der Waals surface area (Å²) in [6, 6.07) is 3.43. The lowest BCUT2D eigenvalue weighted by Crippen LogP contribution is -2.23. The molecule has 3 aromatic heterocycles. The quantitative estimate of drug-likeness (QED) is 0.478. The van der Waals surface area contributed by atoms with E-state index >= 15 is 0 Å². The van der Waals surface area contributed by atoms with Crippen molar-refractivity contribution in [2.75, 3.05) is 0 Å². The fraction of sp³-hybridized carbons (Fsp3) is 0.250. The van der Waals surface area contributed by atoms with Crippen molar-refractivity contribution >= 4 is 22.4 Å². The molecule has 1 aliphatic carbocycles. The lowest BCUT2D eigenvalue weighted by molar-refractivity contribution is -0.145. The normalized spacial score (nSPS) is 15.0. The van der Waals surface area contributed by atoms with Crippen LogP contribution in [0.3, 0.4) is 0 Å². The molecule has 33 heavy (non-hydrogen) atoms. The number of halogens is 3. The minimum absolute atomic E-state index is 0.0591. The first kappa shape index (κ1) is 22.4. The van der Waals surface area contributed by atoms with E-state index in [0.717, 1.165) is 36.4 Å². The average molecular weight is 454 g/mol. The Morgan fingerprint density at radius 1 is 1.21 bits per heavy atom. The summed E-state index contributed by atoms with van der Waals surface area (Å²) in [6.07, 6.45) is 7.14.